The van der Waals surface area contributed by atoms with E-state index in [1.54, 1.807) is 17.5 Å². The van der Waals surface area contributed by atoms with Gasteiger partial charge >= 0.3 is 0 Å². The molecular weight excluding hydrogens is 258 g/mol. The number of rotatable bonds is 2. The molecule has 98 valence electrons. The van der Waals surface area contributed by atoms with Crippen molar-refractivity contribution in [2.75, 3.05) is 19.6 Å². The molecular formula is C14H15N3OS. The molecule has 0 aromatic carbocycles. The molecule has 1 amide bonds. The summed E-state index contributed by atoms with van der Waals surface area (Å²) in [6.45, 7) is 3.33. The number of amides is 1. The van der Waals surface area contributed by atoms with E-state index in [2.05, 4.69) is 15.2 Å². The first kappa shape index (κ1) is 11.4. The maximum absolute atomic E-state index is 12.3. The van der Waals surface area contributed by atoms with Gasteiger partial charge in [0.2, 0.25) is 0 Å². The predicted molar refractivity (Wildman–Crippen MR) is 75.4 cm³/mol. The Labute approximate surface area is 115 Å². The predicted octanol–water partition coefficient (Wildman–Crippen LogP) is 1.73. The number of carbonyl (C=O) groups is 1. The van der Waals surface area contributed by atoms with E-state index in [4.69, 9.17) is 0 Å². The van der Waals surface area contributed by atoms with E-state index in [1.807, 2.05) is 17.5 Å². The highest BCUT2D eigenvalue weighted by Gasteiger charge is 2.38. The maximum Gasteiger partial charge on any atom is 0.270 e. The fraction of sp³-hybridized carbons (Fsp3) is 0.429. The summed E-state index contributed by atoms with van der Waals surface area (Å²) in [5, 5.41) is 6.27. The smallest absolute Gasteiger partial charge is 0.270 e. The topological polar surface area (TPSA) is 45.2 Å². The van der Waals surface area contributed by atoms with Gasteiger partial charge < -0.3 is 10.2 Å². The van der Waals surface area contributed by atoms with Gasteiger partial charge in [0, 0.05) is 25.3 Å². The molecule has 0 aliphatic carbocycles. The minimum absolute atomic E-state index is 0.0353. The van der Waals surface area contributed by atoms with E-state index < -0.39 is 0 Å². The van der Waals surface area contributed by atoms with E-state index in [0.29, 0.717) is 17.7 Å². The highest BCUT2D eigenvalue weighted by Crippen LogP contribution is 2.28. The zero-order valence-electron chi connectivity index (χ0n) is 10.5. The van der Waals surface area contributed by atoms with E-state index in [0.717, 1.165) is 23.2 Å². The van der Waals surface area contributed by atoms with Crippen LogP contribution in [-0.2, 0) is 0 Å². The minimum atomic E-state index is -0.0353. The Kier molecular flexibility index (Phi) is 2.56. The van der Waals surface area contributed by atoms with Crippen LogP contribution in [0.2, 0.25) is 0 Å². The number of hydrogen-bond donors (Lipinski definition) is 1. The van der Waals surface area contributed by atoms with Crippen LogP contribution in [0.15, 0.2) is 23.7 Å². The van der Waals surface area contributed by atoms with E-state index in [-0.39, 0.29) is 5.91 Å². The molecule has 4 nitrogen and oxygen atoms in total. The number of thiophene rings is 1. The first-order valence-electron chi connectivity index (χ1n) is 6.66. The van der Waals surface area contributed by atoms with Crippen molar-refractivity contribution in [3.63, 3.8) is 0 Å². The molecule has 0 spiro atoms. The van der Waals surface area contributed by atoms with Gasteiger partial charge in [-0.15, -0.1) is 11.3 Å². The third-order valence-electron chi connectivity index (χ3n) is 4.22. The highest BCUT2D eigenvalue weighted by molar-refractivity contribution is 7.17. The average molecular weight is 273 g/mol. The summed E-state index contributed by atoms with van der Waals surface area (Å²) in [6.07, 6.45) is 3.00. The number of fused-ring (bicyclic) bond motifs is 3. The fourth-order valence-corrected chi connectivity index (χ4v) is 3.92. The standard InChI is InChI=1S/C14H15N3OS/c18-14(16-12-8-17-3-1-10(12)7-17)11-5-9-2-4-19-13(9)6-15-11/h2,4-6,10,12H,1,3,7-8H2,(H,16,18)/t10-,12+/m1/s1. The van der Waals surface area contributed by atoms with Crippen molar-refractivity contribution < 1.29 is 4.79 Å². The Morgan fingerprint density at radius 3 is 3.21 bits per heavy atom. The first-order valence-corrected chi connectivity index (χ1v) is 7.54. The number of piperidine rings is 1. The first-order chi connectivity index (χ1) is 9.29. The Balaban J connectivity index is 1.53. The number of nitrogens with one attached hydrogen (secondary N) is 1. The Morgan fingerprint density at radius 1 is 1.47 bits per heavy atom. The van der Waals surface area contributed by atoms with Crippen LogP contribution in [0, 0.1) is 5.92 Å². The van der Waals surface area contributed by atoms with Gasteiger partial charge in [0.25, 0.3) is 5.91 Å². The molecule has 3 atom stereocenters. The van der Waals surface area contributed by atoms with Crippen LogP contribution >= 0.6 is 11.3 Å². The van der Waals surface area contributed by atoms with Crippen molar-refractivity contribution >= 4 is 27.3 Å². The van der Waals surface area contributed by atoms with Crippen molar-refractivity contribution in [1.29, 1.82) is 0 Å². The van der Waals surface area contributed by atoms with Gasteiger partial charge in [-0.2, -0.15) is 0 Å². The van der Waals surface area contributed by atoms with Gasteiger partial charge in [-0.3, -0.25) is 4.79 Å². The number of pyridine rings is 1. The van der Waals surface area contributed by atoms with Crippen LogP contribution in [0.1, 0.15) is 16.9 Å². The molecule has 5 heteroatoms. The van der Waals surface area contributed by atoms with Crippen LogP contribution < -0.4 is 5.32 Å². The molecule has 1 N–H and O–H groups in total. The van der Waals surface area contributed by atoms with E-state index in [9.17, 15) is 4.79 Å². The molecule has 19 heavy (non-hydrogen) atoms. The summed E-state index contributed by atoms with van der Waals surface area (Å²) in [5.74, 6) is 0.598. The summed E-state index contributed by atoms with van der Waals surface area (Å²) >= 11 is 1.65. The van der Waals surface area contributed by atoms with Crippen LogP contribution in [0.25, 0.3) is 10.1 Å². The zero-order valence-corrected chi connectivity index (χ0v) is 11.3. The Hall–Kier alpha value is -1.46. The second kappa shape index (κ2) is 4.28. The number of nitrogens with zero attached hydrogens (tertiary/aromatic N) is 2. The largest absolute Gasteiger partial charge is 0.346 e. The Bertz CT molecular complexity index is 638. The van der Waals surface area contributed by atoms with Crippen LogP contribution in [0.4, 0.5) is 0 Å². The van der Waals surface area contributed by atoms with Crippen LogP contribution in [0.5, 0.6) is 0 Å². The summed E-state index contributed by atoms with van der Waals surface area (Å²) in [6, 6.07) is 4.22. The maximum atomic E-state index is 12.3. The molecule has 2 aromatic heterocycles. The quantitative estimate of drug-likeness (QED) is 0.906. The lowest BCUT2D eigenvalue weighted by atomic mass is 10.00. The van der Waals surface area contributed by atoms with Crippen molar-refractivity contribution in [2.45, 2.75) is 12.5 Å². The molecule has 0 saturated carbocycles. The average Bonchev–Trinajstić information content (AvgIpc) is 3.13. The van der Waals surface area contributed by atoms with E-state index in [1.165, 1.54) is 13.0 Å². The summed E-state index contributed by atoms with van der Waals surface area (Å²) in [5.41, 5.74) is 0.531. The number of hydrogen-bond acceptors (Lipinski definition) is 4. The summed E-state index contributed by atoms with van der Waals surface area (Å²) in [4.78, 5) is 18.9. The summed E-state index contributed by atoms with van der Waals surface area (Å²) in [7, 11) is 0. The fourth-order valence-electron chi connectivity index (χ4n) is 3.18. The van der Waals surface area contributed by atoms with Gasteiger partial charge in [-0.05, 0) is 41.8 Å². The third kappa shape index (κ3) is 1.93. The second-order valence-corrected chi connectivity index (χ2v) is 6.36. The van der Waals surface area contributed by atoms with Crippen molar-refractivity contribution in [2.24, 2.45) is 5.92 Å². The van der Waals surface area contributed by atoms with Crippen molar-refractivity contribution in [3.8, 4) is 0 Å². The van der Waals surface area contributed by atoms with Gasteiger partial charge in [-0.1, -0.05) is 0 Å². The van der Waals surface area contributed by atoms with Gasteiger partial charge in [0.15, 0.2) is 0 Å². The molecule has 2 saturated heterocycles. The molecule has 2 aliphatic heterocycles. The molecule has 2 aromatic rings. The van der Waals surface area contributed by atoms with Crippen molar-refractivity contribution in [3.05, 3.63) is 29.4 Å². The van der Waals surface area contributed by atoms with Crippen LogP contribution in [-0.4, -0.2) is 41.5 Å². The number of carbonyl (C=O) groups excluding carboxylic acids is 1. The molecule has 2 bridgehead atoms. The van der Waals surface area contributed by atoms with Crippen LogP contribution in [0.3, 0.4) is 0 Å². The molecule has 1 unspecified atom stereocenters. The van der Waals surface area contributed by atoms with Gasteiger partial charge in [0.05, 0.1) is 4.70 Å². The third-order valence-corrected chi connectivity index (χ3v) is 5.09. The highest BCUT2D eigenvalue weighted by atomic mass is 32.1. The normalized spacial score (nSPS) is 28.9. The minimum Gasteiger partial charge on any atom is -0.346 e. The molecule has 0 radical (unpaired) electrons. The lowest BCUT2D eigenvalue weighted by Gasteiger charge is -2.22. The SMILES string of the molecule is O=C(N[C@H]1CN2CC[C@@H]1C2)c1cc2ccsc2cn1. The number of aromatic nitrogens is 1. The molecule has 4 heterocycles. The monoisotopic (exact) mass is 273 g/mol. The van der Waals surface area contributed by atoms with Gasteiger partial charge in [-0.25, -0.2) is 4.98 Å². The molecule has 4 rings (SSSR count). The van der Waals surface area contributed by atoms with Crippen molar-refractivity contribution in [1.82, 2.24) is 15.2 Å². The summed E-state index contributed by atoms with van der Waals surface area (Å²) < 4.78 is 1.13. The molecule has 2 fully saturated rings. The van der Waals surface area contributed by atoms with Gasteiger partial charge in [0.1, 0.15) is 5.69 Å². The zero-order chi connectivity index (χ0) is 12.8. The lowest BCUT2D eigenvalue weighted by Crippen LogP contribution is -2.43. The second-order valence-electron chi connectivity index (χ2n) is 5.42. The lowest BCUT2D eigenvalue weighted by molar-refractivity contribution is 0.0919. The Morgan fingerprint density at radius 2 is 2.42 bits per heavy atom. The molecule has 2 aliphatic rings. The van der Waals surface area contributed by atoms with E-state index >= 15 is 0 Å².